The molecule has 3 N–H and O–H groups in total. The van der Waals surface area contributed by atoms with E-state index >= 15 is 8.78 Å². The van der Waals surface area contributed by atoms with E-state index in [1.807, 2.05) is 0 Å². The van der Waals surface area contributed by atoms with Crippen molar-refractivity contribution in [3.63, 3.8) is 0 Å². The predicted octanol–water partition coefficient (Wildman–Crippen LogP) is 7.75. The Morgan fingerprint density at radius 1 is 0.949 bits per heavy atom. The van der Waals surface area contributed by atoms with E-state index in [1.54, 1.807) is 0 Å². The van der Waals surface area contributed by atoms with E-state index in [-0.39, 0.29) is 43.3 Å². The van der Waals surface area contributed by atoms with Crippen LogP contribution in [-0.4, -0.2) is 99.2 Å². The van der Waals surface area contributed by atoms with Gasteiger partial charge in [-0.1, -0.05) is 23.6 Å². The van der Waals surface area contributed by atoms with Crippen LogP contribution in [0.3, 0.4) is 0 Å². The van der Waals surface area contributed by atoms with E-state index in [9.17, 15) is 70.9 Å². The molecule has 428 valence electrons. The molecule has 3 atom stereocenters. The molecular formula is C46H43ClF10N7O12PS2. The van der Waals surface area contributed by atoms with Gasteiger partial charge in [0.15, 0.2) is 21.3 Å². The number of phosphoric acid groups is 1. The Kier molecular flexibility index (Phi) is 16.6. The number of phosphoric ester groups is 1. The van der Waals surface area contributed by atoms with Crippen molar-refractivity contribution in [2.45, 2.75) is 100 Å². The van der Waals surface area contributed by atoms with Gasteiger partial charge in [0.05, 0.1) is 33.9 Å². The molecule has 0 radical (unpaired) electrons. The Hall–Kier alpha value is -6.16. The average Bonchev–Trinajstić information content (AvgIpc) is 4.12. The molecule has 2 amide bonds. The van der Waals surface area contributed by atoms with Crippen molar-refractivity contribution in [2.75, 3.05) is 23.6 Å². The van der Waals surface area contributed by atoms with E-state index in [4.69, 9.17) is 21.4 Å². The number of carbonyl (C=O) groups excluding carboxylic acids is 3. The second kappa shape index (κ2) is 21.7. The van der Waals surface area contributed by atoms with Crippen molar-refractivity contribution < 1.29 is 98.7 Å². The van der Waals surface area contributed by atoms with Crippen LogP contribution in [0.2, 0.25) is 5.02 Å². The van der Waals surface area contributed by atoms with Gasteiger partial charge in [0, 0.05) is 47.8 Å². The van der Waals surface area contributed by atoms with Gasteiger partial charge in [0.25, 0.3) is 5.92 Å². The SMILES string of the molecule is CC(C)(C#Cc1ccc(-c2ccc(Cl)c3c(N(C(=O)CCCC(=O)OCOP(=O)(O)O)S(C)(=O)=O)nn(CC(F)(F)F)c23)c([C@H](Cc2cc(F)cc(F)c2)NC(=O)Cn2nc(C(F)(F)F)c3c2C(F)(F)[C@@H]2CC[C@H]32)n1)S(C)(=O)=O. The Bertz CT molecular complexity index is 3610. The fourth-order valence-corrected chi connectivity index (χ4v) is 10.5. The molecule has 1 saturated carbocycles. The molecule has 79 heavy (non-hydrogen) atoms. The molecule has 7 rings (SSSR count). The molecule has 5 aromatic rings. The molecule has 1 fully saturated rings. The third-order valence-electron chi connectivity index (χ3n) is 12.8. The Morgan fingerprint density at radius 3 is 2.16 bits per heavy atom. The lowest BCUT2D eigenvalue weighted by Gasteiger charge is -2.34. The largest absolute Gasteiger partial charge is 0.472 e. The van der Waals surface area contributed by atoms with Crippen molar-refractivity contribution in [2.24, 2.45) is 5.92 Å². The number of sulfonamides is 1. The summed E-state index contributed by atoms with van der Waals surface area (Å²) in [7, 11) is -13.9. The van der Waals surface area contributed by atoms with Crippen LogP contribution in [0.4, 0.5) is 49.7 Å². The minimum absolute atomic E-state index is 0.0196. The summed E-state index contributed by atoms with van der Waals surface area (Å²) >= 11 is 6.64. The van der Waals surface area contributed by atoms with Gasteiger partial charge in [0.2, 0.25) is 28.6 Å². The third-order valence-corrected chi connectivity index (χ3v) is 16.5. The van der Waals surface area contributed by atoms with Crippen molar-refractivity contribution in [1.29, 1.82) is 0 Å². The number of benzene rings is 2. The zero-order valence-electron chi connectivity index (χ0n) is 41.2. The van der Waals surface area contributed by atoms with Crippen molar-refractivity contribution in [3.8, 4) is 23.0 Å². The zero-order chi connectivity index (χ0) is 58.7. The van der Waals surface area contributed by atoms with Crippen molar-refractivity contribution >= 4 is 73.8 Å². The summed E-state index contributed by atoms with van der Waals surface area (Å²) in [6, 6.07) is 4.43. The lowest BCUT2D eigenvalue weighted by Crippen LogP contribution is -2.36. The van der Waals surface area contributed by atoms with E-state index in [0.717, 1.165) is 42.7 Å². The first-order valence-corrected chi connectivity index (χ1v) is 28.6. The number of nitrogens with zero attached hydrogens (tertiary/aromatic N) is 6. The van der Waals surface area contributed by atoms with E-state index < -0.39 is 194 Å². The van der Waals surface area contributed by atoms with Gasteiger partial charge < -0.3 is 19.8 Å². The van der Waals surface area contributed by atoms with Crippen LogP contribution in [0.25, 0.3) is 22.0 Å². The first-order chi connectivity index (χ1) is 36.3. The Morgan fingerprint density at radius 2 is 1.59 bits per heavy atom. The van der Waals surface area contributed by atoms with Crippen LogP contribution in [-0.2, 0) is 79.7 Å². The highest BCUT2D eigenvalue weighted by Gasteiger charge is 2.63. The first kappa shape index (κ1) is 60.5. The minimum atomic E-state index is -5.26. The Labute approximate surface area is 446 Å². The summed E-state index contributed by atoms with van der Waals surface area (Å²) in [6.45, 7) is -2.19. The normalized spacial score (nSPS) is 16.8. The number of anilines is 1. The van der Waals surface area contributed by atoms with Gasteiger partial charge in [-0.25, -0.2) is 39.7 Å². The van der Waals surface area contributed by atoms with Gasteiger partial charge in [-0.05, 0) is 87.3 Å². The number of halogens is 11. The molecule has 2 aromatic carbocycles. The standard InChI is InChI=1S/C46H43ClF10N7O12PS2/c1-43(2,78(3,71)72)15-14-26-8-9-27(28-11-13-31(47)37-39(28)63(21-44(50,51)52)61-42(37)64(79(4,73)74)34(66)6-5-7-35(67)75-22-76-77(68,69)70)38(58-26)32(18-23-16-24(48)19-25(49)17-23)59-33(65)20-62-41-36(40(60-62)46(55,56)57)29-10-12-30(29)45(41,53)54/h8-9,11,13,16-17,19,29-30,32H,5-7,10,12,18,20-22H2,1-4H3,(H,59,65)(H2,68,69,70)/t29-,30+,32-/m0/s1. The second-order valence-corrected chi connectivity index (χ2v) is 24.9. The fourth-order valence-electron chi connectivity index (χ4n) is 8.94. The van der Waals surface area contributed by atoms with Gasteiger partial charge in [-0.15, -0.1) is 0 Å². The van der Waals surface area contributed by atoms with Crippen LogP contribution in [0, 0.1) is 29.4 Å². The molecule has 0 saturated heterocycles. The summed E-state index contributed by atoms with van der Waals surface area (Å²) in [5.74, 6) is -9.00. The molecule has 2 aliphatic rings. The number of nitrogens with one attached hydrogen (secondary N) is 1. The smallest absolute Gasteiger partial charge is 0.438 e. The fraction of sp³-hybridized carbons (Fsp3) is 0.435. The van der Waals surface area contributed by atoms with Crippen LogP contribution < -0.4 is 9.62 Å². The zero-order valence-corrected chi connectivity index (χ0v) is 44.5. The molecule has 0 spiro atoms. The molecule has 33 heteroatoms. The predicted molar refractivity (Wildman–Crippen MR) is 258 cm³/mol. The second-order valence-electron chi connectivity index (χ2n) is 18.9. The molecule has 0 unspecified atom stereocenters. The van der Waals surface area contributed by atoms with E-state index in [0.29, 0.717) is 12.3 Å². The number of sulfone groups is 1. The van der Waals surface area contributed by atoms with Crippen molar-refractivity contribution in [3.05, 3.63) is 93.0 Å². The summed E-state index contributed by atoms with van der Waals surface area (Å²) < 4.78 is 219. The summed E-state index contributed by atoms with van der Waals surface area (Å²) in [5.41, 5.74) is -6.30. The molecule has 0 bridgehead atoms. The summed E-state index contributed by atoms with van der Waals surface area (Å²) in [5, 5.41) is 8.48. The number of aromatic nitrogens is 5. The van der Waals surface area contributed by atoms with Crippen LogP contribution in [0.15, 0.2) is 42.5 Å². The van der Waals surface area contributed by atoms with Gasteiger partial charge in [-0.3, -0.25) is 23.7 Å². The van der Waals surface area contributed by atoms with E-state index in [1.165, 1.54) is 13.8 Å². The quantitative estimate of drug-likeness (QED) is 0.0249. The van der Waals surface area contributed by atoms with Crippen LogP contribution in [0.5, 0.6) is 0 Å². The van der Waals surface area contributed by atoms with E-state index in [2.05, 4.69) is 41.6 Å². The number of amides is 2. The molecule has 3 aromatic heterocycles. The Balaban J connectivity index is 1.42. The molecule has 3 heterocycles. The van der Waals surface area contributed by atoms with Crippen molar-refractivity contribution in [1.82, 2.24) is 29.9 Å². The highest BCUT2D eigenvalue weighted by molar-refractivity contribution is 7.93. The maximum atomic E-state index is 15.9. The number of hydrogen-bond acceptors (Lipinski definition) is 13. The maximum Gasteiger partial charge on any atom is 0.472 e. The summed E-state index contributed by atoms with van der Waals surface area (Å²) in [6.07, 6.45) is -12.2. The van der Waals surface area contributed by atoms with Gasteiger partial charge in [-0.2, -0.15) is 49.6 Å². The third kappa shape index (κ3) is 13.4. The highest BCUT2D eigenvalue weighted by atomic mass is 35.5. The number of esters is 1. The lowest BCUT2D eigenvalue weighted by atomic mass is 9.73. The number of pyridine rings is 1. The van der Waals surface area contributed by atoms with Gasteiger partial charge in [0.1, 0.15) is 40.9 Å². The molecule has 19 nitrogen and oxygen atoms in total. The molecule has 0 aliphatic heterocycles. The van der Waals surface area contributed by atoms with Crippen LogP contribution >= 0.6 is 19.4 Å². The number of carbonyl (C=O) groups is 3. The maximum absolute atomic E-state index is 15.9. The highest BCUT2D eigenvalue weighted by Crippen LogP contribution is 2.64. The van der Waals surface area contributed by atoms with Crippen LogP contribution in [0.1, 0.15) is 91.8 Å². The minimum Gasteiger partial charge on any atom is -0.438 e. The number of hydrogen-bond donors (Lipinski definition) is 3. The number of alkyl halides is 8. The molecular weight excluding hydrogens is 1160 g/mol. The first-order valence-electron chi connectivity index (χ1n) is 23.0. The lowest BCUT2D eigenvalue weighted by molar-refractivity contribution is -0.151. The summed E-state index contributed by atoms with van der Waals surface area (Å²) in [4.78, 5) is 62.4. The topological polar surface area (TPSA) is 259 Å². The average molecular weight is 1210 g/mol. The van der Waals surface area contributed by atoms with Gasteiger partial charge >= 0.3 is 26.1 Å². The number of rotatable bonds is 18. The number of fused-ring (bicyclic) bond motifs is 4. The monoisotopic (exact) mass is 1210 g/mol. The molecule has 2 aliphatic carbocycles. The number of ether oxygens (including phenoxy) is 1.